The molecular weight excluding hydrogens is 465 g/mol. The monoisotopic (exact) mass is 482 g/mol. The maximum absolute atomic E-state index is 13.8. The van der Waals surface area contributed by atoms with E-state index in [9.17, 15) is 18.0 Å². The minimum atomic E-state index is -4.61. The maximum atomic E-state index is 13.8. The molecule has 7 nitrogen and oxygen atoms in total. The van der Waals surface area contributed by atoms with Gasteiger partial charge in [-0.2, -0.15) is 23.3 Å². The van der Waals surface area contributed by atoms with Gasteiger partial charge < -0.3 is 0 Å². The van der Waals surface area contributed by atoms with E-state index in [1.807, 2.05) is 13.8 Å². The summed E-state index contributed by atoms with van der Waals surface area (Å²) in [7, 11) is 0. The molecule has 172 valence electrons. The number of hydrogen-bond donors (Lipinski definition) is 1. The van der Waals surface area contributed by atoms with Crippen LogP contribution in [0.1, 0.15) is 35.8 Å². The molecule has 1 N–H and O–H groups in total. The van der Waals surface area contributed by atoms with Crippen LogP contribution in [0.5, 0.6) is 0 Å². The van der Waals surface area contributed by atoms with Gasteiger partial charge in [0, 0.05) is 23.2 Å². The Morgan fingerprint density at radius 1 is 1.09 bits per heavy atom. The van der Waals surface area contributed by atoms with Crippen molar-refractivity contribution < 1.29 is 18.0 Å². The molecule has 0 aliphatic carbocycles. The van der Waals surface area contributed by atoms with E-state index < -0.39 is 17.6 Å². The number of alkyl halides is 3. The Morgan fingerprint density at radius 2 is 1.85 bits per heavy atom. The lowest BCUT2D eigenvalue weighted by molar-refractivity contribution is -0.136. The quantitative estimate of drug-likeness (QED) is 0.342. The number of nitrogens with zero attached hydrogens (tertiary/aromatic N) is 5. The van der Waals surface area contributed by atoms with Crippen molar-refractivity contribution in [3.05, 3.63) is 66.0 Å². The highest BCUT2D eigenvalue weighted by Crippen LogP contribution is 2.40. The molecule has 0 spiro atoms. The van der Waals surface area contributed by atoms with E-state index in [-0.39, 0.29) is 32.8 Å². The molecule has 4 heterocycles. The van der Waals surface area contributed by atoms with Crippen molar-refractivity contribution in [2.75, 3.05) is 5.32 Å². The summed E-state index contributed by atoms with van der Waals surface area (Å²) in [4.78, 5) is 25.6. The van der Waals surface area contributed by atoms with E-state index in [1.54, 1.807) is 47.3 Å². The van der Waals surface area contributed by atoms with Crippen LogP contribution in [-0.4, -0.2) is 30.6 Å². The molecule has 0 saturated carbocycles. The van der Waals surface area contributed by atoms with Gasteiger partial charge in [0.15, 0.2) is 16.4 Å². The number of carbonyl (C=O) groups is 1. The van der Waals surface area contributed by atoms with E-state index in [1.165, 1.54) is 6.20 Å². The van der Waals surface area contributed by atoms with Crippen molar-refractivity contribution in [2.45, 2.75) is 26.1 Å². The highest BCUT2D eigenvalue weighted by Gasteiger charge is 2.35. The highest BCUT2D eigenvalue weighted by molar-refractivity contribution is 7.22. The first-order valence-corrected chi connectivity index (χ1v) is 11.1. The predicted molar refractivity (Wildman–Crippen MR) is 124 cm³/mol. The van der Waals surface area contributed by atoms with Gasteiger partial charge in [0.05, 0.1) is 27.7 Å². The number of hydrogen-bond acceptors (Lipinski definition) is 6. The summed E-state index contributed by atoms with van der Waals surface area (Å²) < 4.78 is 43.0. The molecule has 0 aliphatic heterocycles. The van der Waals surface area contributed by atoms with Crippen LogP contribution in [0.3, 0.4) is 0 Å². The normalized spacial score (nSPS) is 12.1. The minimum Gasteiger partial charge on any atom is -0.298 e. The van der Waals surface area contributed by atoms with Crippen LogP contribution < -0.4 is 5.32 Å². The fourth-order valence-electron chi connectivity index (χ4n) is 3.54. The molecule has 0 bridgehead atoms. The summed E-state index contributed by atoms with van der Waals surface area (Å²) in [6.07, 6.45) is -1.59. The van der Waals surface area contributed by atoms with Crippen LogP contribution in [0.4, 0.5) is 18.3 Å². The number of carbonyl (C=O) groups excluding carboxylic acids is 1. The lowest BCUT2D eigenvalue weighted by Gasteiger charge is -2.09. The Hall–Kier alpha value is -3.86. The Morgan fingerprint density at radius 3 is 2.56 bits per heavy atom. The van der Waals surface area contributed by atoms with Crippen LogP contribution in [-0.2, 0) is 6.18 Å². The molecular formula is C23H17F3N6OS. The molecule has 0 radical (unpaired) electrons. The average Bonchev–Trinajstić information content (AvgIpc) is 3.41. The first kappa shape index (κ1) is 22.0. The number of anilines is 1. The minimum absolute atomic E-state index is 0.0150. The maximum Gasteiger partial charge on any atom is 0.417 e. The number of nitrogens with one attached hydrogen (secondary N) is 1. The fourth-order valence-corrected chi connectivity index (χ4v) is 4.48. The Bertz CT molecular complexity index is 1520. The van der Waals surface area contributed by atoms with Crippen LogP contribution in [0.25, 0.3) is 32.6 Å². The molecule has 5 rings (SSSR count). The van der Waals surface area contributed by atoms with Crippen molar-refractivity contribution in [1.29, 1.82) is 0 Å². The molecule has 0 aliphatic rings. The molecule has 34 heavy (non-hydrogen) atoms. The summed E-state index contributed by atoms with van der Waals surface area (Å²) in [5, 5.41) is 7.54. The Labute approximate surface area is 195 Å². The average molecular weight is 482 g/mol. The first-order valence-electron chi connectivity index (χ1n) is 10.3. The third-order valence-electron chi connectivity index (χ3n) is 5.14. The van der Waals surface area contributed by atoms with Crippen molar-refractivity contribution in [3.63, 3.8) is 0 Å². The smallest absolute Gasteiger partial charge is 0.298 e. The Balaban J connectivity index is 1.50. The van der Waals surface area contributed by atoms with Gasteiger partial charge in [0.1, 0.15) is 0 Å². The molecule has 11 heteroatoms. The molecule has 5 aromatic rings. The standard InChI is InChI=1S/C23H17F3N6OS/c1-12(2)32-20-14(11-28-32)8-15(10-27-20)21(33)31-22-30-19-18(34-22)16(23(24,25)26)9-17(29-19)13-6-4-3-5-7-13/h3-12H,1-2H3,(H,29,30,31,33). The second kappa shape index (κ2) is 8.17. The summed E-state index contributed by atoms with van der Waals surface area (Å²) in [5.41, 5.74) is 0.637. The van der Waals surface area contributed by atoms with E-state index >= 15 is 0 Å². The van der Waals surface area contributed by atoms with Crippen molar-refractivity contribution in [2.24, 2.45) is 0 Å². The SMILES string of the molecule is CC(C)n1ncc2cc(C(=O)Nc3nc4nc(-c5ccccc5)cc(C(F)(F)F)c4s3)cnc21. The van der Waals surface area contributed by atoms with E-state index in [4.69, 9.17) is 0 Å². The topological polar surface area (TPSA) is 85.6 Å². The van der Waals surface area contributed by atoms with E-state index in [0.29, 0.717) is 16.6 Å². The van der Waals surface area contributed by atoms with E-state index in [2.05, 4.69) is 25.4 Å². The Kier molecular flexibility index (Phi) is 5.28. The van der Waals surface area contributed by atoms with Crippen LogP contribution >= 0.6 is 11.3 Å². The number of rotatable bonds is 4. The number of benzene rings is 1. The zero-order valence-corrected chi connectivity index (χ0v) is 18.8. The van der Waals surface area contributed by atoms with Crippen LogP contribution in [0.15, 0.2) is 54.9 Å². The lowest BCUT2D eigenvalue weighted by atomic mass is 10.1. The summed E-state index contributed by atoms with van der Waals surface area (Å²) >= 11 is 0.727. The first-order chi connectivity index (χ1) is 16.2. The molecule has 1 aromatic carbocycles. The lowest BCUT2D eigenvalue weighted by Crippen LogP contribution is -2.12. The number of halogens is 3. The van der Waals surface area contributed by atoms with Gasteiger partial charge in [0.25, 0.3) is 5.91 Å². The molecule has 1 amide bonds. The predicted octanol–water partition coefficient (Wildman–Crippen LogP) is 5.96. The fraction of sp³-hybridized carbons (Fsp3) is 0.174. The number of pyridine rings is 2. The summed E-state index contributed by atoms with van der Waals surface area (Å²) in [6, 6.07) is 11.3. The summed E-state index contributed by atoms with van der Waals surface area (Å²) in [6.45, 7) is 3.93. The third-order valence-corrected chi connectivity index (χ3v) is 6.13. The van der Waals surface area contributed by atoms with Crippen molar-refractivity contribution in [3.8, 4) is 11.3 Å². The van der Waals surface area contributed by atoms with Gasteiger partial charge in [-0.25, -0.2) is 14.6 Å². The third kappa shape index (κ3) is 3.98. The zero-order valence-electron chi connectivity index (χ0n) is 18.0. The summed E-state index contributed by atoms with van der Waals surface area (Å²) in [5.74, 6) is -0.539. The van der Waals surface area contributed by atoms with Crippen molar-refractivity contribution in [1.82, 2.24) is 24.7 Å². The van der Waals surface area contributed by atoms with Crippen LogP contribution in [0.2, 0.25) is 0 Å². The van der Waals surface area contributed by atoms with Gasteiger partial charge >= 0.3 is 6.18 Å². The van der Waals surface area contributed by atoms with Gasteiger partial charge in [-0.05, 0) is 26.0 Å². The van der Waals surface area contributed by atoms with E-state index in [0.717, 1.165) is 17.4 Å². The number of fused-ring (bicyclic) bond motifs is 2. The molecule has 4 aromatic heterocycles. The zero-order chi connectivity index (χ0) is 24.0. The number of thiazole rings is 1. The highest BCUT2D eigenvalue weighted by atomic mass is 32.1. The number of aromatic nitrogens is 5. The molecule has 0 fully saturated rings. The van der Waals surface area contributed by atoms with Gasteiger partial charge in [-0.15, -0.1) is 0 Å². The number of amides is 1. The largest absolute Gasteiger partial charge is 0.417 e. The van der Waals surface area contributed by atoms with Gasteiger partial charge in [-0.1, -0.05) is 41.7 Å². The van der Waals surface area contributed by atoms with Crippen LogP contribution in [0, 0.1) is 0 Å². The molecule has 0 saturated heterocycles. The second-order valence-corrected chi connectivity index (χ2v) is 8.86. The van der Waals surface area contributed by atoms with Crippen molar-refractivity contribution >= 4 is 43.8 Å². The second-order valence-electron chi connectivity index (χ2n) is 7.86. The van der Waals surface area contributed by atoms with Gasteiger partial charge in [0.2, 0.25) is 0 Å². The molecule has 0 unspecified atom stereocenters. The van der Waals surface area contributed by atoms with Gasteiger partial charge in [-0.3, -0.25) is 10.1 Å². The molecule has 0 atom stereocenters.